The van der Waals surface area contributed by atoms with Crippen molar-refractivity contribution in [1.82, 2.24) is 18.7 Å². The third-order valence-electron chi connectivity index (χ3n) is 15.1. The first kappa shape index (κ1) is 36.2. The Bertz CT molecular complexity index is 5180. The van der Waals surface area contributed by atoms with E-state index >= 15 is 0 Å². The minimum Gasteiger partial charge on any atom is -0.458 e. The Balaban J connectivity index is 0.991. The molecule has 4 heterocycles. The van der Waals surface area contributed by atoms with Gasteiger partial charge in [0.2, 0.25) is 0 Å². The van der Waals surface area contributed by atoms with E-state index < -0.39 is 72.4 Å². The van der Waals surface area contributed by atoms with Crippen molar-refractivity contribution in [2.75, 3.05) is 0 Å². The standard InChI is InChI=1S/C73H65N5O/c1-9-48(10-2)50-38-39-74-70(42-50)78-66-37-34-55(77-64-30-16-14-26-60(64)61-27-15-17-31-65(61)77)45-63(66)62-36-35-57(46-69(62)78)79-56-25-20-24-54(44-56)75-47-76(68-33-19-18-32-67(68)75)71-58(49-22-12-11-13-23-49)28-21-29-59(71)51-40-52(72(3,4)5)43-53(41-51)73(6,7)8/h11-46,48H,9-10H2,1-8H3/i11D,12D,13D,14D,15D,16D,17D,22D,23D,26D,27D,30D,31D,48D. The Hall–Kier alpha value is -9.00. The SMILES string of the molecule is [2H]c1c([2H])c([2H])c(-c2cccc(-c3cc(C(C)(C)C)cc(C(C)(C)C)c3)c2-[n+]2[c-]n(-c3cccc(Oc4ccc5c6cc(-n7c8c([2H])c([2H])c([2H])c([2H])c8c8c([2H])c([2H])c([2H])c([2H])c87)ccc6n(-c6cc(C([2H])(CC)CC)ccn6)c5c4)c3)c3ccccc32)c([2H])c1[2H]. The topological polar surface area (TPSA) is 40.8 Å². The summed E-state index contributed by atoms with van der Waals surface area (Å²) in [5.74, 6) is 0.529. The number of nitrogens with zero attached hydrogens (tertiary/aromatic N) is 5. The average Bonchev–Trinajstić information content (AvgIpc) is 1.54. The molecule has 6 heteroatoms. The Kier molecular flexibility index (Phi) is 8.91. The van der Waals surface area contributed by atoms with Crippen molar-refractivity contribution in [2.24, 2.45) is 0 Å². The largest absolute Gasteiger partial charge is 0.458 e. The van der Waals surface area contributed by atoms with Gasteiger partial charge in [0.05, 0.1) is 62.3 Å². The fourth-order valence-electron chi connectivity index (χ4n) is 11.0. The van der Waals surface area contributed by atoms with E-state index in [0.717, 1.165) is 44.2 Å². The van der Waals surface area contributed by atoms with E-state index in [-0.39, 0.29) is 50.3 Å². The number of fused-ring (bicyclic) bond motifs is 7. The lowest BCUT2D eigenvalue weighted by Gasteiger charge is -2.27. The molecule has 0 bridgehead atoms. The number of ether oxygens (including phenoxy) is 1. The number of para-hydroxylation sites is 5. The van der Waals surface area contributed by atoms with Crippen molar-refractivity contribution >= 4 is 54.6 Å². The summed E-state index contributed by atoms with van der Waals surface area (Å²) < 4.78 is 140. The summed E-state index contributed by atoms with van der Waals surface area (Å²) in [6, 6.07) is 36.8. The molecule has 0 saturated carbocycles. The molecule has 13 aromatic rings. The highest BCUT2D eigenvalue weighted by Gasteiger charge is 2.25. The zero-order valence-corrected chi connectivity index (χ0v) is 45.3. The lowest BCUT2D eigenvalue weighted by molar-refractivity contribution is -0.571. The van der Waals surface area contributed by atoms with E-state index in [2.05, 4.69) is 66.1 Å². The molecule has 0 atom stereocenters. The van der Waals surface area contributed by atoms with Crippen LogP contribution in [0.1, 0.15) is 110 Å². The van der Waals surface area contributed by atoms with Crippen LogP contribution in [0.25, 0.3) is 99.8 Å². The van der Waals surface area contributed by atoms with E-state index in [1.165, 1.54) is 4.57 Å². The summed E-state index contributed by atoms with van der Waals surface area (Å²) in [7, 11) is 0. The Morgan fingerprint density at radius 3 is 1.90 bits per heavy atom. The van der Waals surface area contributed by atoms with Crippen LogP contribution in [-0.2, 0) is 10.8 Å². The molecule has 9 aromatic carbocycles. The van der Waals surface area contributed by atoms with Crippen LogP contribution in [0.3, 0.4) is 0 Å². The number of imidazole rings is 1. The third kappa shape index (κ3) is 8.76. The second-order valence-electron chi connectivity index (χ2n) is 22.1. The molecule has 13 rings (SSSR count). The van der Waals surface area contributed by atoms with E-state index in [9.17, 15) is 6.85 Å². The van der Waals surface area contributed by atoms with Gasteiger partial charge in [-0.25, -0.2) is 4.98 Å². The van der Waals surface area contributed by atoms with Gasteiger partial charge in [-0.1, -0.05) is 189 Å². The fraction of sp³-hybridized carbons (Fsp3) is 0.178. The molecule has 0 aliphatic rings. The highest BCUT2D eigenvalue weighted by Crippen LogP contribution is 2.42. The van der Waals surface area contributed by atoms with E-state index in [1.807, 2.05) is 131 Å². The maximum atomic E-state index is 9.47. The summed E-state index contributed by atoms with van der Waals surface area (Å²) >= 11 is 0. The predicted molar refractivity (Wildman–Crippen MR) is 328 cm³/mol. The van der Waals surface area contributed by atoms with Crippen LogP contribution in [0.15, 0.2) is 218 Å². The molecular weight excluding hydrogens is 963 g/mol. The molecule has 6 nitrogen and oxygen atoms in total. The summed E-state index contributed by atoms with van der Waals surface area (Å²) in [5, 5.41) is 1.36. The molecule has 0 N–H and O–H groups in total. The van der Waals surface area contributed by atoms with Crippen molar-refractivity contribution < 1.29 is 28.5 Å². The van der Waals surface area contributed by atoms with Crippen LogP contribution in [0.2, 0.25) is 0 Å². The number of rotatable bonds is 11. The molecule has 0 aliphatic heterocycles. The lowest BCUT2D eigenvalue weighted by atomic mass is 9.78. The Morgan fingerprint density at radius 1 is 0.532 bits per heavy atom. The number of hydrogen-bond acceptors (Lipinski definition) is 2. The summed E-state index contributed by atoms with van der Waals surface area (Å²) in [6.07, 6.45) is 6.47. The first-order chi connectivity index (χ1) is 44.1. The zero-order valence-electron chi connectivity index (χ0n) is 59.3. The van der Waals surface area contributed by atoms with E-state index in [0.29, 0.717) is 69.2 Å². The van der Waals surface area contributed by atoms with Crippen LogP contribution in [-0.4, -0.2) is 18.7 Å². The Labute approximate surface area is 483 Å². The van der Waals surface area contributed by atoms with Crippen LogP contribution < -0.4 is 9.30 Å². The minimum absolute atomic E-state index is 0.00382. The van der Waals surface area contributed by atoms with E-state index in [4.69, 9.17) is 22.1 Å². The summed E-state index contributed by atoms with van der Waals surface area (Å²) in [5.41, 5.74) is 9.07. The van der Waals surface area contributed by atoms with Crippen LogP contribution >= 0.6 is 0 Å². The molecular formula is C73H65N5O. The first-order valence-corrected chi connectivity index (χ1v) is 26.7. The molecule has 0 saturated heterocycles. The highest BCUT2D eigenvalue weighted by atomic mass is 16.5. The van der Waals surface area contributed by atoms with Gasteiger partial charge in [-0.05, 0) is 141 Å². The maximum Gasteiger partial charge on any atom is 0.269 e. The van der Waals surface area contributed by atoms with Gasteiger partial charge >= 0.3 is 0 Å². The molecule has 0 aliphatic carbocycles. The smallest absolute Gasteiger partial charge is 0.269 e. The number of benzene rings is 9. The monoisotopic (exact) mass is 1040 g/mol. The molecule has 0 fully saturated rings. The van der Waals surface area contributed by atoms with Gasteiger partial charge in [0, 0.05) is 40.9 Å². The van der Waals surface area contributed by atoms with Gasteiger partial charge in [-0.15, -0.1) is 0 Å². The number of hydrogen-bond donors (Lipinski definition) is 0. The van der Waals surface area contributed by atoms with Crippen LogP contribution in [0.5, 0.6) is 11.5 Å². The predicted octanol–water partition coefficient (Wildman–Crippen LogP) is 18.9. The fourth-order valence-corrected chi connectivity index (χ4v) is 11.0. The van der Waals surface area contributed by atoms with Crippen LogP contribution in [0, 0.1) is 6.33 Å². The molecule has 388 valence electrons. The molecule has 0 unspecified atom stereocenters. The summed E-state index contributed by atoms with van der Waals surface area (Å²) in [6.45, 7) is 17.0. The van der Waals surface area contributed by atoms with Gasteiger partial charge < -0.3 is 9.30 Å². The average molecular weight is 1040 g/mol. The first-order valence-electron chi connectivity index (χ1n) is 33.7. The van der Waals surface area contributed by atoms with Crippen molar-refractivity contribution in [3.05, 3.63) is 241 Å². The molecule has 0 spiro atoms. The van der Waals surface area contributed by atoms with Crippen LogP contribution in [0.4, 0.5) is 0 Å². The second kappa shape index (κ2) is 19.5. The maximum absolute atomic E-state index is 9.47. The molecule has 79 heavy (non-hydrogen) atoms. The quantitative estimate of drug-likeness (QED) is 0.0957. The van der Waals surface area contributed by atoms with Gasteiger partial charge in [-0.3, -0.25) is 13.7 Å². The molecule has 0 radical (unpaired) electrons. The van der Waals surface area contributed by atoms with Crippen molar-refractivity contribution in [1.29, 1.82) is 0 Å². The second-order valence-corrected chi connectivity index (χ2v) is 22.1. The Morgan fingerprint density at radius 2 is 1.19 bits per heavy atom. The van der Waals surface area contributed by atoms with E-state index in [1.54, 1.807) is 18.3 Å². The third-order valence-corrected chi connectivity index (χ3v) is 15.1. The molecule has 4 aromatic heterocycles. The summed E-state index contributed by atoms with van der Waals surface area (Å²) in [4.78, 5) is 4.91. The van der Waals surface area contributed by atoms with Gasteiger partial charge in [0.25, 0.3) is 6.33 Å². The molecule has 0 amide bonds. The van der Waals surface area contributed by atoms with Crippen molar-refractivity contribution in [3.63, 3.8) is 0 Å². The zero-order chi connectivity index (χ0) is 66.4. The van der Waals surface area contributed by atoms with Gasteiger partial charge in [0.15, 0.2) is 0 Å². The lowest BCUT2D eigenvalue weighted by Crippen LogP contribution is -2.31. The van der Waals surface area contributed by atoms with Crippen molar-refractivity contribution in [2.45, 2.75) is 85.0 Å². The highest BCUT2D eigenvalue weighted by molar-refractivity contribution is 6.12. The number of pyridine rings is 1. The van der Waals surface area contributed by atoms with Gasteiger partial charge in [0.1, 0.15) is 17.3 Å². The van der Waals surface area contributed by atoms with Gasteiger partial charge in [-0.2, -0.15) is 0 Å². The normalized spacial score (nSPS) is 14.9. The number of aromatic nitrogens is 5. The van der Waals surface area contributed by atoms with Crippen molar-refractivity contribution in [3.8, 4) is 56.6 Å². The minimum atomic E-state index is -0.911.